The van der Waals surface area contributed by atoms with Gasteiger partial charge < -0.3 is 15.1 Å². The summed E-state index contributed by atoms with van der Waals surface area (Å²) in [5.74, 6) is 0.735. The van der Waals surface area contributed by atoms with Gasteiger partial charge in [-0.2, -0.15) is 0 Å². The minimum absolute atomic E-state index is 0.461. The molecule has 0 spiro atoms. The number of oxazole rings is 1. The highest BCUT2D eigenvalue weighted by atomic mass is 16.3. The van der Waals surface area contributed by atoms with Gasteiger partial charge in [-0.25, -0.2) is 4.98 Å². The average molecular weight is 279 g/mol. The van der Waals surface area contributed by atoms with Crippen LogP contribution in [0, 0.1) is 0 Å². The smallest absolute Gasteiger partial charge is 0.215 e. The molecule has 4 nitrogen and oxygen atoms in total. The van der Waals surface area contributed by atoms with E-state index in [0.717, 1.165) is 23.4 Å². The predicted octanol–water partition coefficient (Wildman–Crippen LogP) is 3.36. The van der Waals surface area contributed by atoms with Crippen LogP contribution in [0.5, 0.6) is 0 Å². The SMILES string of the molecule is CC1Cc2ccccc2N1Cc1nc2cc(N)ccc2o1. The summed E-state index contributed by atoms with van der Waals surface area (Å²) in [7, 11) is 0. The van der Waals surface area contributed by atoms with Crippen molar-refractivity contribution in [2.75, 3.05) is 10.6 Å². The Hall–Kier alpha value is -2.49. The Morgan fingerprint density at radius 1 is 1.29 bits per heavy atom. The zero-order valence-electron chi connectivity index (χ0n) is 11.9. The molecule has 2 aromatic carbocycles. The molecular formula is C17H17N3O. The molecule has 0 radical (unpaired) electrons. The van der Waals surface area contributed by atoms with Gasteiger partial charge in [0.25, 0.3) is 0 Å². The summed E-state index contributed by atoms with van der Waals surface area (Å²) in [6.07, 6.45) is 1.07. The van der Waals surface area contributed by atoms with Crippen molar-refractivity contribution in [3.8, 4) is 0 Å². The monoisotopic (exact) mass is 279 g/mol. The summed E-state index contributed by atoms with van der Waals surface area (Å²) in [6.45, 7) is 2.92. The fourth-order valence-electron chi connectivity index (χ4n) is 3.08. The van der Waals surface area contributed by atoms with Crippen LogP contribution in [0.2, 0.25) is 0 Å². The molecule has 1 atom stereocenters. The van der Waals surface area contributed by atoms with E-state index in [-0.39, 0.29) is 0 Å². The molecule has 0 amide bonds. The van der Waals surface area contributed by atoms with Gasteiger partial charge in [0.15, 0.2) is 5.58 Å². The molecule has 1 unspecified atom stereocenters. The zero-order valence-corrected chi connectivity index (χ0v) is 11.9. The van der Waals surface area contributed by atoms with Gasteiger partial charge in [-0.1, -0.05) is 18.2 Å². The van der Waals surface area contributed by atoms with Crippen LogP contribution in [0.15, 0.2) is 46.9 Å². The normalized spacial score (nSPS) is 17.4. The second kappa shape index (κ2) is 4.52. The zero-order chi connectivity index (χ0) is 14.4. The van der Waals surface area contributed by atoms with Crippen molar-refractivity contribution >= 4 is 22.5 Å². The number of para-hydroxylation sites is 1. The maximum atomic E-state index is 5.84. The van der Waals surface area contributed by atoms with Crippen LogP contribution in [0.4, 0.5) is 11.4 Å². The summed E-state index contributed by atoms with van der Waals surface area (Å²) >= 11 is 0. The predicted molar refractivity (Wildman–Crippen MR) is 84.2 cm³/mol. The Morgan fingerprint density at radius 2 is 2.14 bits per heavy atom. The van der Waals surface area contributed by atoms with Gasteiger partial charge in [-0.15, -0.1) is 0 Å². The lowest BCUT2D eigenvalue weighted by Gasteiger charge is -2.22. The second-order valence-electron chi connectivity index (χ2n) is 5.64. The van der Waals surface area contributed by atoms with Crippen LogP contribution in [-0.4, -0.2) is 11.0 Å². The molecule has 0 fully saturated rings. The molecule has 1 aliphatic heterocycles. The Kier molecular flexibility index (Phi) is 2.64. The average Bonchev–Trinajstić information content (AvgIpc) is 3.00. The van der Waals surface area contributed by atoms with Crippen molar-refractivity contribution in [3.05, 3.63) is 53.9 Å². The number of aromatic nitrogens is 1. The molecule has 1 aliphatic rings. The number of nitrogen functional groups attached to an aromatic ring is 1. The van der Waals surface area contributed by atoms with Crippen LogP contribution < -0.4 is 10.6 Å². The van der Waals surface area contributed by atoms with Gasteiger partial charge in [-0.05, 0) is 43.2 Å². The molecule has 2 heterocycles. The van der Waals surface area contributed by atoms with E-state index in [2.05, 4.69) is 41.1 Å². The summed E-state index contributed by atoms with van der Waals surface area (Å²) in [6, 6.07) is 14.6. The first-order valence-corrected chi connectivity index (χ1v) is 7.20. The van der Waals surface area contributed by atoms with Gasteiger partial charge in [-0.3, -0.25) is 0 Å². The Balaban J connectivity index is 1.68. The highest BCUT2D eigenvalue weighted by Crippen LogP contribution is 2.33. The Bertz CT molecular complexity index is 809. The minimum atomic E-state index is 0.461. The lowest BCUT2D eigenvalue weighted by Crippen LogP contribution is -2.28. The van der Waals surface area contributed by atoms with E-state index >= 15 is 0 Å². The first-order valence-electron chi connectivity index (χ1n) is 7.20. The summed E-state index contributed by atoms with van der Waals surface area (Å²) in [4.78, 5) is 6.91. The van der Waals surface area contributed by atoms with E-state index in [4.69, 9.17) is 10.2 Å². The van der Waals surface area contributed by atoms with Gasteiger partial charge in [0, 0.05) is 17.4 Å². The third-order valence-corrected chi connectivity index (χ3v) is 4.11. The molecule has 21 heavy (non-hydrogen) atoms. The standard InChI is InChI=1S/C17H17N3O/c1-11-8-12-4-2-3-5-15(12)20(11)10-17-19-14-9-13(18)6-7-16(14)21-17/h2-7,9,11H,8,10,18H2,1H3. The highest BCUT2D eigenvalue weighted by molar-refractivity contribution is 5.76. The number of benzene rings is 2. The van der Waals surface area contributed by atoms with Crippen molar-refractivity contribution in [1.29, 1.82) is 0 Å². The third kappa shape index (κ3) is 2.03. The number of nitrogens with zero attached hydrogens (tertiary/aromatic N) is 2. The van der Waals surface area contributed by atoms with E-state index in [0.29, 0.717) is 18.3 Å². The van der Waals surface area contributed by atoms with E-state index in [1.165, 1.54) is 11.3 Å². The van der Waals surface area contributed by atoms with Gasteiger partial charge >= 0.3 is 0 Å². The van der Waals surface area contributed by atoms with E-state index < -0.39 is 0 Å². The molecule has 0 saturated carbocycles. The molecule has 0 saturated heterocycles. The van der Waals surface area contributed by atoms with Crippen LogP contribution in [0.3, 0.4) is 0 Å². The van der Waals surface area contributed by atoms with Crippen LogP contribution in [0.25, 0.3) is 11.1 Å². The minimum Gasteiger partial charge on any atom is -0.439 e. The van der Waals surface area contributed by atoms with Crippen LogP contribution in [0.1, 0.15) is 18.4 Å². The molecule has 106 valence electrons. The number of anilines is 2. The molecule has 2 N–H and O–H groups in total. The van der Waals surface area contributed by atoms with Crippen molar-refractivity contribution in [2.45, 2.75) is 25.9 Å². The summed E-state index contributed by atoms with van der Waals surface area (Å²) < 4.78 is 5.84. The van der Waals surface area contributed by atoms with E-state index in [9.17, 15) is 0 Å². The number of hydrogen-bond donors (Lipinski definition) is 1. The fraction of sp³-hybridized carbons (Fsp3) is 0.235. The van der Waals surface area contributed by atoms with Crippen LogP contribution in [-0.2, 0) is 13.0 Å². The van der Waals surface area contributed by atoms with Crippen molar-refractivity contribution in [1.82, 2.24) is 4.98 Å². The quantitative estimate of drug-likeness (QED) is 0.731. The Morgan fingerprint density at radius 3 is 3.05 bits per heavy atom. The second-order valence-corrected chi connectivity index (χ2v) is 5.64. The van der Waals surface area contributed by atoms with Crippen LogP contribution >= 0.6 is 0 Å². The van der Waals surface area contributed by atoms with Gasteiger partial charge in [0.2, 0.25) is 5.89 Å². The van der Waals surface area contributed by atoms with Crippen molar-refractivity contribution in [3.63, 3.8) is 0 Å². The number of rotatable bonds is 2. The maximum Gasteiger partial charge on any atom is 0.215 e. The van der Waals surface area contributed by atoms with E-state index in [1.54, 1.807) is 0 Å². The largest absolute Gasteiger partial charge is 0.439 e. The van der Waals surface area contributed by atoms with E-state index in [1.807, 2.05) is 18.2 Å². The Labute approximate surface area is 123 Å². The number of hydrogen-bond acceptors (Lipinski definition) is 4. The number of nitrogens with two attached hydrogens (primary N) is 1. The third-order valence-electron chi connectivity index (χ3n) is 4.11. The number of fused-ring (bicyclic) bond motifs is 2. The lowest BCUT2D eigenvalue weighted by molar-refractivity contribution is 0.508. The highest BCUT2D eigenvalue weighted by Gasteiger charge is 2.26. The molecular weight excluding hydrogens is 262 g/mol. The molecule has 0 aliphatic carbocycles. The summed E-state index contributed by atoms with van der Waals surface area (Å²) in [5, 5.41) is 0. The van der Waals surface area contributed by atoms with Crippen molar-refractivity contribution < 1.29 is 4.42 Å². The first-order chi connectivity index (χ1) is 10.2. The molecule has 0 bridgehead atoms. The molecule has 1 aromatic heterocycles. The fourth-order valence-corrected chi connectivity index (χ4v) is 3.08. The lowest BCUT2D eigenvalue weighted by atomic mass is 10.1. The molecule has 3 aromatic rings. The maximum absolute atomic E-state index is 5.84. The first kappa shape index (κ1) is 12.3. The van der Waals surface area contributed by atoms with Gasteiger partial charge in [0.1, 0.15) is 5.52 Å². The van der Waals surface area contributed by atoms with Crippen molar-refractivity contribution in [2.24, 2.45) is 0 Å². The van der Waals surface area contributed by atoms with Gasteiger partial charge in [0.05, 0.1) is 6.54 Å². The molecule has 4 heteroatoms. The molecule has 4 rings (SSSR count). The topological polar surface area (TPSA) is 55.3 Å². The summed E-state index contributed by atoms with van der Waals surface area (Å²) in [5.41, 5.74) is 10.8.